The number of fused-ring (bicyclic) bond motifs is 1. The molecule has 7 nitrogen and oxygen atoms in total. The molecular weight excluding hydrogens is 354 g/mol. The van der Waals surface area contributed by atoms with Crippen molar-refractivity contribution in [3.8, 4) is 0 Å². The number of hydrogen-bond donors (Lipinski definition) is 1. The standard InChI is InChI=1S/C21H31N5O2/c1-4-26-19-8-6-16(22-14-17-7-5-15(2)28-17)13-18(19)20(23-26)21(27)25-11-9-24(3)10-12-25/h5,7,16,22H,4,6,8-14H2,1-3H3. The van der Waals surface area contributed by atoms with E-state index in [1.807, 2.05) is 28.6 Å². The Morgan fingerprint density at radius 2 is 2.07 bits per heavy atom. The van der Waals surface area contributed by atoms with Crippen molar-refractivity contribution in [1.29, 1.82) is 0 Å². The van der Waals surface area contributed by atoms with Crippen LogP contribution < -0.4 is 5.32 Å². The van der Waals surface area contributed by atoms with E-state index in [0.717, 1.165) is 75.6 Å². The predicted molar refractivity (Wildman–Crippen MR) is 107 cm³/mol. The van der Waals surface area contributed by atoms with Gasteiger partial charge < -0.3 is 19.5 Å². The second-order valence-electron chi connectivity index (χ2n) is 8.02. The first-order valence-corrected chi connectivity index (χ1v) is 10.4. The summed E-state index contributed by atoms with van der Waals surface area (Å²) in [6.07, 6.45) is 2.87. The van der Waals surface area contributed by atoms with Gasteiger partial charge >= 0.3 is 0 Å². The molecule has 0 radical (unpaired) electrons. The van der Waals surface area contributed by atoms with Gasteiger partial charge in [-0.3, -0.25) is 9.48 Å². The van der Waals surface area contributed by atoms with Crippen LogP contribution in [0.25, 0.3) is 0 Å². The molecule has 1 amide bonds. The molecule has 1 unspecified atom stereocenters. The number of rotatable bonds is 5. The highest BCUT2D eigenvalue weighted by molar-refractivity contribution is 5.94. The van der Waals surface area contributed by atoms with Crippen molar-refractivity contribution < 1.29 is 9.21 Å². The Balaban J connectivity index is 1.49. The normalized spacial score (nSPS) is 20.4. The molecule has 1 fully saturated rings. The Hall–Kier alpha value is -2.12. The minimum Gasteiger partial charge on any atom is -0.465 e. The van der Waals surface area contributed by atoms with Crippen molar-refractivity contribution in [3.63, 3.8) is 0 Å². The third-order valence-electron chi connectivity index (χ3n) is 6.00. The topological polar surface area (TPSA) is 66.5 Å². The molecule has 2 aliphatic rings. The maximum Gasteiger partial charge on any atom is 0.274 e. The number of amides is 1. The molecule has 0 bridgehead atoms. The van der Waals surface area contributed by atoms with Crippen LogP contribution >= 0.6 is 0 Å². The Labute approximate surface area is 166 Å². The van der Waals surface area contributed by atoms with Crippen molar-refractivity contribution >= 4 is 5.91 Å². The van der Waals surface area contributed by atoms with Crippen LogP contribution in [-0.4, -0.2) is 64.8 Å². The predicted octanol–water partition coefficient (Wildman–Crippen LogP) is 1.84. The van der Waals surface area contributed by atoms with Gasteiger partial charge in [-0.1, -0.05) is 0 Å². The third kappa shape index (κ3) is 3.86. The Bertz CT molecular complexity index is 832. The summed E-state index contributed by atoms with van der Waals surface area (Å²) in [5.74, 6) is 1.99. The largest absolute Gasteiger partial charge is 0.465 e. The smallest absolute Gasteiger partial charge is 0.274 e. The van der Waals surface area contributed by atoms with Gasteiger partial charge in [-0.15, -0.1) is 0 Å². The Morgan fingerprint density at radius 3 is 2.75 bits per heavy atom. The zero-order valence-corrected chi connectivity index (χ0v) is 17.2. The van der Waals surface area contributed by atoms with E-state index in [9.17, 15) is 4.79 Å². The molecular formula is C21H31N5O2. The fourth-order valence-electron chi connectivity index (χ4n) is 4.28. The number of likely N-dealkylation sites (N-methyl/N-ethyl adjacent to an activating group) is 1. The highest BCUT2D eigenvalue weighted by Crippen LogP contribution is 2.26. The summed E-state index contributed by atoms with van der Waals surface area (Å²) in [6, 6.07) is 4.36. The first kappa shape index (κ1) is 19.2. The summed E-state index contributed by atoms with van der Waals surface area (Å²) in [5, 5.41) is 8.33. The van der Waals surface area contributed by atoms with E-state index in [4.69, 9.17) is 9.52 Å². The van der Waals surface area contributed by atoms with Crippen LogP contribution in [0, 0.1) is 6.92 Å². The summed E-state index contributed by atoms with van der Waals surface area (Å²) in [5.41, 5.74) is 3.05. The molecule has 28 heavy (non-hydrogen) atoms. The SMILES string of the molecule is CCn1nc(C(=O)N2CCN(C)CC2)c2c1CCC(NCc1ccc(C)o1)C2. The van der Waals surface area contributed by atoms with E-state index < -0.39 is 0 Å². The summed E-state index contributed by atoms with van der Waals surface area (Å²) >= 11 is 0. The summed E-state index contributed by atoms with van der Waals surface area (Å²) < 4.78 is 7.70. The fourth-order valence-corrected chi connectivity index (χ4v) is 4.28. The number of hydrogen-bond acceptors (Lipinski definition) is 5. The zero-order valence-electron chi connectivity index (χ0n) is 17.2. The van der Waals surface area contributed by atoms with Gasteiger partial charge in [0.05, 0.1) is 6.54 Å². The number of carbonyl (C=O) groups is 1. The number of nitrogens with zero attached hydrogens (tertiary/aromatic N) is 4. The molecule has 2 aromatic heterocycles. The molecule has 3 heterocycles. The minimum atomic E-state index is 0.0962. The number of aromatic nitrogens is 2. The lowest BCUT2D eigenvalue weighted by Gasteiger charge is -2.32. The first-order valence-electron chi connectivity index (χ1n) is 10.4. The van der Waals surface area contributed by atoms with Crippen LogP contribution in [0.2, 0.25) is 0 Å². The molecule has 1 aliphatic carbocycles. The highest BCUT2D eigenvalue weighted by Gasteiger charge is 2.31. The van der Waals surface area contributed by atoms with Crippen molar-refractivity contribution in [1.82, 2.24) is 24.9 Å². The van der Waals surface area contributed by atoms with Crippen LogP contribution in [0.5, 0.6) is 0 Å². The van der Waals surface area contributed by atoms with Gasteiger partial charge in [-0.25, -0.2) is 0 Å². The zero-order chi connectivity index (χ0) is 19.7. The van der Waals surface area contributed by atoms with E-state index >= 15 is 0 Å². The van der Waals surface area contributed by atoms with Crippen molar-refractivity contribution in [2.75, 3.05) is 33.2 Å². The average Bonchev–Trinajstić information content (AvgIpc) is 3.29. The molecule has 0 saturated carbocycles. The van der Waals surface area contributed by atoms with E-state index in [0.29, 0.717) is 11.7 Å². The molecule has 2 aromatic rings. The Kier molecular flexibility index (Phi) is 5.55. The van der Waals surface area contributed by atoms with Gasteiger partial charge in [0.1, 0.15) is 11.5 Å². The van der Waals surface area contributed by atoms with E-state index in [1.54, 1.807) is 0 Å². The van der Waals surface area contributed by atoms with Gasteiger partial charge in [0, 0.05) is 50.0 Å². The van der Waals surface area contributed by atoms with Crippen LogP contribution in [0.3, 0.4) is 0 Å². The number of piperazine rings is 1. The number of aryl methyl sites for hydroxylation is 2. The molecule has 1 N–H and O–H groups in total. The monoisotopic (exact) mass is 385 g/mol. The van der Waals surface area contributed by atoms with Crippen LogP contribution in [-0.2, 0) is 25.9 Å². The second kappa shape index (κ2) is 8.09. The quantitative estimate of drug-likeness (QED) is 0.851. The molecule has 4 rings (SSSR count). The van der Waals surface area contributed by atoms with Crippen molar-refractivity contribution in [3.05, 3.63) is 40.6 Å². The fraction of sp³-hybridized carbons (Fsp3) is 0.619. The molecule has 1 atom stereocenters. The van der Waals surface area contributed by atoms with E-state index in [2.05, 4.69) is 24.2 Å². The first-order chi connectivity index (χ1) is 13.5. The maximum atomic E-state index is 13.2. The van der Waals surface area contributed by atoms with Gasteiger partial charge in [0.15, 0.2) is 5.69 Å². The van der Waals surface area contributed by atoms with Gasteiger partial charge in [-0.05, 0) is 52.3 Å². The minimum absolute atomic E-state index is 0.0962. The van der Waals surface area contributed by atoms with Gasteiger partial charge in [-0.2, -0.15) is 5.10 Å². The van der Waals surface area contributed by atoms with Crippen molar-refractivity contribution in [2.24, 2.45) is 0 Å². The van der Waals surface area contributed by atoms with Crippen LogP contribution in [0.15, 0.2) is 16.5 Å². The van der Waals surface area contributed by atoms with Crippen molar-refractivity contribution in [2.45, 2.75) is 52.2 Å². The Morgan fingerprint density at radius 1 is 1.29 bits per heavy atom. The van der Waals surface area contributed by atoms with E-state index in [1.165, 1.54) is 5.69 Å². The lowest BCUT2D eigenvalue weighted by molar-refractivity contribution is 0.0656. The van der Waals surface area contributed by atoms with Gasteiger partial charge in [0.25, 0.3) is 5.91 Å². The van der Waals surface area contributed by atoms with Crippen LogP contribution in [0.1, 0.15) is 46.6 Å². The van der Waals surface area contributed by atoms with Crippen LogP contribution in [0.4, 0.5) is 0 Å². The second-order valence-corrected chi connectivity index (χ2v) is 8.02. The molecule has 7 heteroatoms. The number of nitrogens with one attached hydrogen (secondary N) is 1. The third-order valence-corrected chi connectivity index (χ3v) is 6.00. The molecule has 152 valence electrons. The molecule has 0 aromatic carbocycles. The molecule has 1 saturated heterocycles. The molecule has 1 aliphatic heterocycles. The highest BCUT2D eigenvalue weighted by atomic mass is 16.3. The lowest BCUT2D eigenvalue weighted by Crippen LogP contribution is -2.47. The summed E-state index contributed by atoms with van der Waals surface area (Å²) in [7, 11) is 2.10. The van der Waals surface area contributed by atoms with Gasteiger partial charge in [0.2, 0.25) is 0 Å². The maximum absolute atomic E-state index is 13.2. The lowest BCUT2D eigenvalue weighted by atomic mass is 9.91. The summed E-state index contributed by atoms with van der Waals surface area (Å²) in [6.45, 7) is 9.00. The number of carbonyl (C=O) groups excluding carboxylic acids is 1. The van der Waals surface area contributed by atoms with E-state index in [-0.39, 0.29) is 5.91 Å². The summed E-state index contributed by atoms with van der Waals surface area (Å²) in [4.78, 5) is 17.4. The average molecular weight is 386 g/mol. The molecule has 0 spiro atoms. The number of furan rings is 1.